The Morgan fingerprint density at radius 2 is 2.17 bits per heavy atom. The molecule has 0 heterocycles. The monoisotopic (exact) mass is 251 g/mol. The summed E-state index contributed by atoms with van der Waals surface area (Å²) in [6.45, 7) is 4.07. The quantitative estimate of drug-likeness (QED) is 0.573. The van der Waals surface area contributed by atoms with Crippen molar-refractivity contribution in [2.75, 3.05) is 17.7 Å². The van der Waals surface area contributed by atoms with Crippen molar-refractivity contribution >= 4 is 17.3 Å². The van der Waals surface area contributed by atoms with Crippen LogP contribution in [-0.2, 0) is 0 Å². The molecule has 0 aliphatic rings. The molecule has 0 bridgehead atoms. The lowest BCUT2D eigenvalue weighted by molar-refractivity contribution is 0.100. The Morgan fingerprint density at radius 3 is 2.67 bits per heavy atom. The van der Waals surface area contributed by atoms with Crippen molar-refractivity contribution in [1.82, 2.24) is 0 Å². The van der Waals surface area contributed by atoms with Gasteiger partial charge in [-0.15, -0.1) is 0 Å². The summed E-state index contributed by atoms with van der Waals surface area (Å²) in [5.74, 6) is -0.500. The van der Waals surface area contributed by atoms with E-state index in [1.165, 1.54) is 0 Å². The molecule has 1 atom stereocenters. The van der Waals surface area contributed by atoms with Crippen molar-refractivity contribution in [2.45, 2.75) is 32.2 Å². The van der Waals surface area contributed by atoms with Crippen LogP contribution in [0.15, 0.2) is 18.2 Å². The van der Waals surface area contributed by atoms with Crippen molar-refractivity contribution in [3.63, 3.8) is 0 Å². The van der Waals surface area contributed by atoms with Gasteiger partial charge in [0.15, 0.2) is 0 Å². The molecule has 1 amide bonds. The molecule has 0 spiro atoms. The zero-order valence-electron chi connectivity index (χ0n) is 10.9. The van der Waals surface area contributed by atoms with Crippen LogP contribution in [0.1, 0.15) is 37.0 Å². The van der Waals surface area contributed by atoms with Crippen molar-refractivity contribution in [3.05, 3.63) is 23.8 Å². The van der Waals surface area contributed by atoms with Crippen LogP contribution in [0.5, 0.6) is 0 Å². The van der Waals surface area contributed by atoms with E-state index in [2.05, 4.69) is 5.32 Å². The lowest BCUT2D eigenvalue weighted by Crippen LogP contribution is -2.36. The number of nitrogens with one attached hydrogen (secondary N) is 1. The molecule has 1 aromatic carbocycles. The van der Waals surface area contributed by atoms with Gasteiger partial charge in [0.2, 0.25) is 0 Å². The van der Waals surface area contributed by atoms with Gasteiger partial charge in [0.25, 0.3) is 5.91 Å². The first-order chi connectivity index (χ1) is 8.41. The number of nitrogens with two attached hydrogens (primary N) is 2. The Labute approximate surface area is 107 Å². The van der Waals surface area contributed by atoms with Crippen molar-refractivity contribution in [2.24, 2.45) is 5.73 Å². The van der Waals surface area contributed by atoms with E-state index in [9.17, 15) is 4.79 Å². The highest BCUT2D eigenvalue weighted by molar-refractivity contribution is 5.99. The largest absolute Gasteiger partial charge is 0.399 e. The second kappa shape index (κ2) is 5.73. The van der Waals surface area contributed by atoms with E-state index in [4.69, 9.17) is 16.6 Å². The first kappa shape index (κ1) is 14.3. The molecule has 0 saturated heterocycles. The fourth-order valence-corrected chi connectivity index (χ4v) is 1.78. The molecule has 18 heavy (non-hydrogen) atoms. The average Bonchev–Trinajstić information content (AvgIpc) is 2.29. The maximum absolute atomic E-state index is 11.4. The number of aliphatic hydroxyl groups excluding tert-OH is 1. The zero-order chi connectivity index (χ0) is 13.8. The Hall–Kier alpha value is -1.75. The number of nitrogen functional groups attached to an aromatic ring is 1. The van der Waals surface area contributed by atoms with Gasteiger partial charge < -0.3 is 21.9 Å². The number of hydrogen-bond acceptors (Lipinski definition) is 4. The van der Waals surface area contributed by atoms with E-state index < -0.39 is 5.91 Å². The number of aliphatic hydroxyl groups is 1. The number of hydrogen-bond donors (Lipinski definition) is 4. The number of amides is 1. The van der Waals surface area contributed by atoms with E-state index in [1.54, 1.807) is 18.2 Å². The van der Waals surface area contributed by atoms with Gasteiger partial charge in [0, 0.05) is 23.5 Å². The second-order valence-corrected chi connectivity index (χ2v) is 4.68. The third kappa shape index (κ3) is 3.37. The van der Waals surface area contributed by atoms with Gasteiger partial charge in [0.1, 0.15) is 0 Å². The van der Waals surface area contributed by atoms with E-state index in [-0.39, 0.29) is 12.1 Å². The molecule has 5 heteroatoms. The number of benzene rings is 1. The molecular formula is C13H21N3O2. The maximum atomic E-state index is 11.4. The summed E-state index contributed by atoms with van der Waals surface area (Å²) in [4.78, 5) is 11.4. The summed E-state index contributed by atoms with van der Waals surface area (Å²) in [5, 5.41) is 12.3. The summed E-state index contributed by atoms with van der Waals surface area (Å²) in [6, 6.07) is 4.93. The molecule has 5 nitrogen and oxygen atoms in total. The summed E-state index contributed by atoms with van der Waals surface area (Å²) in [6.07, 6.45) is 1.39. The van der Waals surface area contributed by atoms with Crippen LogP contribution in [0.4, 0.5) is 11.4 Å². The molecule has 1 aromatic rings. The van der Waals surface area contributed by atoms with Crippen molar-refractivity contribution in [1.29, 1.82) is 0 Å². The number of anilines is 2. The first-order valence-electron chi connectivity index (χ1n) is 6.00. The minimum Gasteiger partial charge on any atom is -0.399 e. The normalized spacial score (nSPS) is 13.9. The lowest BCUT2D eigenvalue weighted by Gasteiger charge is -2.31. The van der Waals surface area contributed by atoms with Gasteiger partial charge in [-0.1, -0.05) is 6.92 Å². The summed E-state index contributed by atoms with van der Waals surface area (Å²) >= 11 is 0. The summed E-state index contributed by atoms with van der Waals surface area (Å²) in [5.41, 5.74) is 12.3. The molecule has 0 saturated carbocycles. The third-order valence-electron chi connectivity index (χ3n) is 3.19. The minimum absolute atomic E-state index is 0.0750. The van der Waals surface area contributed by atoms with E-state index in [0.29, 0.717) is 23.4 Å². The predicted molar refractivity (Wildman–Crippen MR) is 73.4 cm³/mol. The van der Waals surface area contributed by atoms with Crippen LogP contribution in [-0.4, -0.2) is 23.2 Å². The van der Waals surface area contributed by atoms with Crippen molar-refractivity contribution in [3.8, 4) is 0 Å². The van der Waals surface area contributed by atoms with E-state index in [0.717, 1.165) is 6.42 Å². The highest BCUT2D eigenvalue weighted by Gasteiger charge is 2.23. The predicted octanol–water partition coefficient (Wildman–Crippen LogP) is 1.33. The fraction of sp³-hybridized carbons (Fsp3) is 0.462. The molecule has 1 rings (SSSR count). The molecule has 0 aromatic heterocycles. The van der Waals surface area contributed by atoms with Crippen LogP contribution in [0.25, 0.3) is 0 Å². The van der Waals surface area contributed by atoms with E-state index in [1.807, 2.05) is 13.8 Å². The standard InChI is InChI=1S/C13H21N3O2/c1-3-13(2,6-7-17)16-11-8-9(14)4-5-10(11)12(15)18/h4-5,8,16-17H,3,6-7,14H2,1-2H3,(H2,15,18). The average molecular weight is 251 g/mol. The topological polar surface area (TPSA) is 101 Å². The van der Waals surface area contributed by atoms with Gasteiger partial charge in [-0.2, -0.15) is 0 Å². The molecule has 0 aliphatic heterocycles. The molecule has 6 N–H and O–H groups in total. The number of carbonyl (C=O) groups excluding carboxylic acids is 1. The van der Waals surface area contributed by atoms with Crippen LogP contribution < -0.4 is 16.8 Å². The molecule has 0 radical (unpaired) electrons. The lowest BCUT2D eigenvalue weighted by atomic mass is 9.94. The molecule has 1 unspecified atom stereocenters. The molecule has 0 fully saturated rings. The summed E-state index contributed by atoms with van der Waals surface area (Å²) < 4.78 is 0. The highest BCUT2D eigenvalue weighted by atomic mass is 16.3. The highest BCUT2D eigenvalue weighted by Crippen LogP contribution is 2.26. The second-order valence-electron chi connectivity index (χ2n) is 4.68. The van der Waals surface area contributed by atoms with Crippen LogP contribution in [0, 0.1) is 0 Å². The van der Waals surface area contributed by atoms with Crippen LogP contribution >= 0.6 is 0 Å². The van der Waals surface area contributed by atoms with Crippen LogP contribution in [0.2, 0.25) is 0 Å². The minimum atomic E-state index is -0.500. The van der Waals surface area contributed by atoms with Gasteiger partial charge in [-0.05, 0) is 38.0 Å². The summed E-state index contributed by atoms with van der Waals surface area (Å²) in [7, 11) is 0. The SMILES string of the molecule is CCC(C)(CCO)Nc1cc(N)ccc1C(N)=O. The smallest absolute Gasteiger partial charge is 0.250 e. The van der Waals surface area contributed by atoms with E-state index >= 15 is 0 Å². The Kier molecular flexibility index (Phi) is 4.55. The Balaban J connectivity index is 3.08. The maximum Gasteiger partial charge on any atom is 0.250 e. The molecular weight excluding hydrogens is 230 g/mol. The van der Waals surface area contributed by atoms with Crippen molar-refractivity contribution < 1.29 is 9.90 Å². The molecule has 100 valence electrons. The van der Waals surface area contributed by atoms with Gasteiger partial charge in [-0.3, -0.25) is 4.79 Å². The third-order valence-corrected chi connectivity index (χ3v) is 3.19. The van der Waals surface area contributed by atoms with Gasteiger partial charge in [-0.25, -0.2) is 0 Å². The number of primary amides is 1. The Morgan fingerprint density at radius 1 is 1.50 bits per heavy atom. The van der Waals surface area contributed by atoms with Gasteiger partial charge in [0.05, 0.1) is 5.56 Å². The number of carbonyl (C=O) groups is 1. The Bertz CT molecular complexity index is 434. The molecule has 0 aliphatic carbocycles. The van der Waals surface area contributed by atoms with Crippen LogP contribution in [0.3, 0.4) is 0 Å². The first-order valence-corrected chi connectivity index (χ1v) is 6.00. The fourth-order valence-electron chi connectivity index (χ4n) is 1.78. The van der Waals surface area contributed by atoms with Gasteiger partial charge >= 0.3 is 0 Å². The zero-order valence-corrected chi connectivity index (χ0v) is 10.9. The number of rotatable bonds is 6.